The van der Waals surface area contributed by atoms with Crippen LogP contribution in [-0.4, -0.2) is 18.2 Å². The van der Waals surface area contributed by atoms with Gasteiger partial charge in [-0.1, -0.05) is 31.2 Å². The highest BCUT2D eigenvalue weighted by molar-refractivity contribution is 5.70. The zero-order valence-corrected chi connectivity index (χ0v) is 10.2. The van der Waals surface area contributed by atoms with Gasteiger partial charge in [0.15, 0.2) is 0 Å². The first kappa shape index (κ1) is 13.3. The molecule has 0 heterocycles. The standard InChI is InChI=1S/C14H18O3/c1-3-4-5-12(10-14(16)17-2)11-6-8-13(15)9-7-11/h4-9,12,15H,3,10H2,1-2H3/b5-4-/t12-/m0/s1. The number of methoxy groups -OCH3 is 1. The number of aromatic hydroxyl groups is 1. The summed E-state index contributed by atoms with van der Waals surface area (Å²) in [6.07, 6.45) is 5.28. The maximum atomic E-state index is 11.3. The normalized spacial score (nSPS) is 12.6. The lowest BCUT2D eigenvalue weighted by Crippen LogP contribution is -2.06. The fraction of sp³-hybridized carbons (Fsp3) is 0.357. The zero-order valence-electron chi connectivity index (χ0n) is 10.2. The van der Waals surface area contributed by atoms with Gasteiger partial charge in [0.05, 0.1) is 13.5 Å². The fourth-order valence-corrected chi connectivity index (χ4v) is 1.58. The molecule has 3 nitrogen and oxygen atoms in total. The lowest BCUT2D eigenvalue weighted by atomic mass is 9.95. The van der Waals surface area contributed by atoms with Gasteiger partial charge in [-0.25, -0.2) is 0 Å². The molecule has 1 aromatic rings. The van der Waals surface area contributed by atoms with Crippen molar-refractivity contribution in [2.45, 2.75) is 25.7 Å². The predicted molar refractivity (Wildman–Crippen MR) is 66.9 cm³/mol. The molecular weight excluding hydrogens is 216 g/mol. The molecule has 17 heavy (non-hydrogen) atoms. The van der Waals surface area contributed by atoms with E-state index in [9.17, 15) is 9.90 Å². The van der Waals surface area contributed by atoms with Crippen molar-refractivity contribution in [3.8, 4) is 5.75 Å². The van der Waals surface area contributed by atoms with Crippen molar-refractivity contribution < 1.29 is 14.6 Å². The third kappa shape index (κ3) is 4.31. The number of ether oxygens (including phenoxy) is 1. The minimum Gasteiger partial charge on any atom is -0.508 e. The van der Waals surface area contributed by atoms with Crippen LogP contribution in [-0.2, 0) is 9.53 Å². The summed E-state index contributed by atoms with van der Waals surface area (Å²) in [5.74, 6) is -0.00290. The third-order valence-corrected chi connectivity index (χ3v) is 2.54. The minimum atomic E-state index is -0.233. The Morgan fingerprint density at radius 2 is 2.06 bits per heavy atom. The second kappa shape index (κ2) is 6.74. The van der Waals surface area contributed by atoms with Crippen LogP contribution >= 0.6 is 0 Å². The van der Waals surface area contributed by atoms with Crippen molar-refractivity contribution >= 4 is 5.97 Å². The fourth-order valence-electron chi connectivity index (χ4n) is 1.58. The topological polar surface area (TPSA) is 46.5 Å². The third-order valence-electron chi connectivity index (χ3n) is 2.54. The first-order valence-corrected chi connectivity index (χ1v) is 5.69. The van der Waals surface area contributed by atoms with Crippen molar-refractivity contribution in [1.29, 1.82) is 0 Å². The quantitative estimate of drug-likeness (QED) is 0.629. The lowest BCUT2D eigenvalue weighted by molar-refractivity contribution is -0.140. The van der Waals surface area contributed by atoms with Gasteiger partial charge in [-0.2, -0.15) is 0 Å². The Morgan fingerprint density at radius 1 is 1.41 bits per heavy atom. The predicted octanol–water partition coefficient (Wildman–Crippen LogP) is 3.01. The van der Waals surface area contributed by atoms with Crippen LogP contribution in [0.25, 0.3) is 0 Å². The van der Waals surface area contributed by atoms with E-state index in [0.29, 0.717) is 6.42 Å². The van der Waals surface area contributed by atoms with Crippen LogP contribution < -0.4 is 0 Å². The molecule has 3 heteroatoms. The summed E-state index contributed by atoms with van der Waals surface area (Å²) in [6, 6.07) is 6.89. The van der Waals surface area contributed by atoms with E-state index in [1.54, 1.807) is 12.1 Å². The largest absolute Gasteiger partial charge is 0.508 e. The van der Waals surface area contributed by atoms with Crippen LogP contribution in [0.15, 0.2) is 36.4 Å². The summed E-state index contributed by atoms with van der Waals surface area (Å²) in [7, 11) is 1.39. The molecule has 0 aliphatic carbocycles. The second-order valence-corrected chi connectivity index (χ2v) is 3.81. The Hall–Kier alpha value is -1.77. The maximum Gasteiger partial charge on any atom is 0.306 e. The van der Waals surface area contributed by atoms with E-state index < -0.39 is 0 Å². The number of carbonyl (C=O) groups is 1. The molecule has 0 saturated carbocycles. The van der Waals surface area contributed by atoms with Crippen molar-refractivity contribution in [2.75, 3.05) is 7.11 Å². The highest BCUT2D eigenvalue weighted by atomic mass is 16.5. The van der Waals surface area contributed by atoms with Gasteiger partial charge < -0.3 is 9.84 Å². The van der Waals surface area contributed by atoms with Gasteiger partial charge in [-0.3, -0.25) is 4.79 Å². The van der Waals surface area contributed by atoms with Gasteiger partial charge in [-0.05, 0) is 24.1 Å². The van der Waals surface area contributed by atoms with Crippen molar-refractivity contribution in [3.63, 3.8) is 0 Å². The minimum absolute atomic E-state index is 0.00278. The van der Waals surface area contributed by atoms with E-state index in [2.05, 4.69) is 4.74 Å². The maximum absolute atomic E-state index is 11.3. The average molecular weight is 234 g/mol. The molecule has 0 unspecified atom stereocenters. The van der Waals surface area contributed by atoms with Crippen LogP contribution in [0.3, 0.4) is 0 Å². The van der Waals surface area contributed by atoms with Crippen LogP contribution in [0.5, 0.6) is 5.75 Å². The molecule has 92 valence electrons. The number of rotatable bonds is 5. The molecule has 1 N–H and O–H groups in total. The first-order valence-electron chi connectivity index (χ1n) is 5.69. The summed E-state index contributed by atoms with van der Waals surface area (Å²) in [6.45, 7) is 2.04. The average Bonchev–Trinajstić information content (AvgIpc) is 2.35. The number of benzene rings is 1. The van der Waals surface area contributed by atoms with Gasteiger partial charge in [0, 0.05) is 5.92 Å². The van der Waals surface area contributed by atoms with E-state index in [-0.39, 0.29) is 17.6 Å². The van der Waals surface area contributed by atoms with Crippen molar-refractivity contribution in [2.24, 2.45) is 0 Å². The molecule has 0 aliphatic rings. The van der Waals surface area contributed by atoms with E-state index in [1.165, 1.54) is 7.11 Å². The van der Waals surface area contributed by atoms with E-state index in [1.807, 2.05) is 31.2 Å². The second-order valence-electron chi connectivity index (χ2n) is 3.81. The molecule has 0 saturated heterocycles. The number of hydrogen-bond acceptors (Lipinski definition) is 3. The SMILES string of the molecule is CC/C=C\[C@@H](CC(=O)OC)c1ccc(O)cc1. The van der Waals surface area contributed by atoms with Crippen LogP contribution in [0.4, 0.5) is 0 Å². The van der Waals surface area contributed by atoms with Crippen molar-refractivity contribution in [3.05, 3.63) is 42.0 Å². The van der Waals surface area contributed by atoms with Gasteiger partial charge in [-0.15, -0.1) is 0 Å². The Kier molecular flexibility index (Phi) is 5.27. The molecule has 0 amide bonds. The number of hydrogen-bond donors (Lipinski definition) is 1. The summed E-state index contributed by atoms with van der Waals surface area (Å²) in [5.41, 5.74) is 0.998. The molecule has 0 bridgehead atoms. The molecule has 0 spiro atoms. The molecule has 0 radical (unpaired) electrons. The number of phenols is 1. The first-order chi connectivity index (χ1) is 8.17. The van der Waals surface area contributed by atoms with E-state index in [0.717, 1.165) is 12.0 Å². The Labute approximate surface area is 102 Å². The Balaban J connectivity index is 2.85. The Morgan fingerprint density at radius 3 is 2.59 bits per heavy atom. The Bertz CT molecular complexity index is 379. The summed E-state index contributed by atoms with van der Waals surface area (Å²) in [4.78, 5) is 11.3. The number of phenolic OH excluding ortho intramolecular Hbond substituents is 1. The zero-order chi connectivity index (χ0) is 12.7. The van der Waals surface area contributed by atoms with Gasteiger partial charge in [0.2, 0.25) is 0 Å². The number of carbonyl (C=O) groups excluding carboxylic acids is 1. The molecular formula is C14H18O3. The lowest BCUT2D eigenvalue weighted by Gasteiger charge is -2.12. The van der Waals surface area contributed by atoms with Crippen LogP contribution in [0, 0.1) is 0 Å². The van der Waals surface area contributed by atoms with Crippen LogP contribution in [0.2, 0.25) is 0 Å². The van der Waals surface area contributed by atoms with Crippen molar-refractivity contribution in [1.82, 2.24) is 0 Å². The molecule has 0 fully saturated rings. The summed E-state index contributed by atoms with van der Waals surface area (Å²) in [5, 5.41) is 9.23. The van der Waals surface area contributed by atoms with E-state index >= 15 is 0 Å². The molecule has 1 rings (SSSR count). The summed E-state index contributed by atoms with van der Waals surface area (Å²) >= 11 is 0. The molecule has 1 aromatic carbocycles. The summed E-state index contributed by atoms with van der Waals surface area (Å²) < 4.78 is 4.68. The molecule has 0 aliphatic heterocycles. The van der Waals surface area contributed by atoms with Gasteiger partial charge in [0.1, 0.15) is 5.75 Å². The van der Waals surface area contributed by atoms with Gasteiger partial charge >= 0.3 is 5.97 Å². The van der Waals surface area contributed by atoms with E-state index in [4.69, 9.17) is 0 Å². The molecule has 0 aromatic heterocycles. The van der Waals surface area contributed by atoms with Crippen LogP contribution in [0.1, 0.15) is 31.2 Å². The highest BCUT2D eigenvalue weighted by Crippen LogP contribution is 2.24. The van der Waals surface area contributed by atoms with Gasteiger partial charge in [0.25, 0.3) is 0 Å². The smallest absolute Gasteiger partial charge is 0.306 e. The molecule has 1 atom stereocenters. The highest BCUT2D eigenvalue weighted by Gasteiger charge is 2.13. The number of esters is 1. The monoisotopic (exact) mass is 234 g/mol. The number of allylic oxidation sites excluding steroid dienone is 2.